The van der Waals surface area contributed by atoms with E-state index in [1.807, 2.05) is 12.1 Å². The molecule has 1 fully saturated rings. The minimum Gasteiger partial charge on any atom is -0.480 e. The number of thioether (sulfide) groups is 1. The van der Waals surface area contributed by atoms with E-state index in [4.69, 9.17) is 11.6 Å². The van der Waals surface area contributed by atoms with Crippen LogP contribution >= 0.6 is 23.4 Å². The molecule has 6 heteroatoms. The average Bonchev–Trinajstić information content (AvgIpc) is 2.85. The summed E-state index contributed by atoms with van der Waals surface area (Å²) in [5.74, 6) is 0.331. The highest BCUT2D eigenvalue weighted by molar-refractivity contribution is 7.99. The number of likely N-dealkylation sites (N-methyl/N-ethyl adjacent to an activating group) is 1. The summed E-state index contributed by atoms with van der Waals surface area (Å²) in [6.45, 7) is 0. The number of halogens is 1. The zero-order valence-corrected chi connectivity index (χ0v) is 13.0. The topological polar surface area (TPSA) is 62.2 Å². The number of pyridine rings is 1. The lowest BCUT2D eigenvalue weighted by molar-refractivity contribution is -0.146. The van der Waals surface area contributed by atoms with Gasteiger partial charge in [-0.3, -0.25) is 4.79 Å². The Bertz CT molecular complexity index is 469. The summed E-state index contributed by atoms with van der Waals surface area (Å²) in [4.78, 5) is 15.8. The number of carboxylic acid groups (broad SMARTS) is 1. The molecule has 110 valence electrons. The first kappa shape index (κ1) is 15.6. The SMILES string of the molecule is CNC1(C(=O)O)CCCC1CCSc1ccc(Cl)cn1. The fourth-order valence-corrected chi connectivity index (χ4v) is 3.95. The van der Waals surface area contributed by atoms with Crippen LogP contribution < -0.4 is 5.32 Å². The molecule has 4 nitrogen and oxygen atoms in total. The highest BCUT2D eigenvalue weighted by Crippen LogP contribution is 2.39. The minimum absolute atomic E-state index is 0.185. The van der Waals surface area contributed by atoms with Gasteiger partial charge in [-0.05, 0) is 50.1 Å². The van der Waals surface area contributed by atoms with Crippen molar-refractivity contribution in [1.29, 1.82) is 0 Å². The zero-order valence-electron chi connectivity index (χ0n) is 11.4. The summed E-state index contributed by atoms with van der Waals surface area (Å²) in [6, 6.07) is 3.71. The maximum atomic E-state index is 11.5. The molecular weight excluding hydrogens is 296 g/mol. The number of carboxylic acids is 1. The van der Waals surface area contributed by atoms with Gasteiger partial charge in [-0.1, -0.05) is 18.0 Å². The maximum Gasteiger partial charge on any atom is 0.324 e. The summed E-state index contributed by atoms with van der Waals surface area (Å²) in [7, 11) is 1.75. The Kier molecular flexibility index (Phi) is 5.29. The zero-order chi connectivity index (χ0) is 14.6. The van der Waals surface area contributed by atoms with Crippen molar-refractivity contribution in [3.8, 4) is 0 Å². The molecule has 0 amide bonds. The summed E-state index contributed by atoms with van der Waals surface area (Å²) < 4.78 is 0. The van der Waals surface area contributed by atoms with Gasteiger partial charge in [0.25, 0.3) is 0 Å². The molecule has 1 aromatic heterocycles. The number of aliphatic carboxylic acids is 1. The van der Waals surface area contributed by atoms with E-state index in [-0.39, 0.29) is 5.92 Å². The molecule has 1 heterocycles. The number of hydrogen-bond donors (Lipinski definition) is 2. The van der Waals surface area contributed by atoms with E-state index in [1.165, 1.54) is 0 Å². The Morgan fingerprint density at radius 1 is 1.65 bits per heavy atom. The standard InChI is InChI=1S/C14H19ClN2O2S/c1-16-14(13(18)19)7-2-3-10(14)6-8-20-12-5-4-11(15)9-17-12/h4-5,9-10,16H,2-3,6-8H2,1H3,(H,18,19). The average molecular weight is 315 g/mol. The van der Waals surface area contributed by atoms with Crippen LogP contribution in [0.25, 0.3) is 0 Å². The van der Waals surface area contributed by atoms with Gasteiger partial charge in [0, 0.05) is 6.20 Å². The van der Waals surface area contributed by atoms with E-state index in [9.17, 15) is 9.90 Å². The molecule has 1 saturated carbocycles. The van der Waals surface area contributed by atoms with Gasteiger partial charge in [-0.15, -0.1) is 11.8 Å². The van der Waals surface area contributed by atoms with Crippen LogP contribution in [0.4, 0.5) is 0 Å². The molecule has 0 saturated heterocycles. The van der Waals surface area contributed by atoms with Crippen molar-refractivity contribution in [2.24, 2.45) is 5.92 Å². The van der Waals surface area contributed by atoms with Crippen LogP contribution in [0.1, 0.15) is 25.7 Å². The van der Waals surface area contributed by atoms with Gasteiger partial charge in [0.2, 0.25) is 0 Å². The molecule has 2 rings (SSSR count). The van der Waals surface area contributed by atoms with Gasteiger partial charge >= 0.3 is 5.97 Å². The predicted molar refractivity (Wildman–Crippen MR) is 81.4 cm³/mol. The monoisotopic (exact) mass is 314 g/mol. The molecule has 2 atom stereocenters. The molecular formula is C14H19ClN2O2S. The van der Waals surface area contributed by atoms with E-state index < -0.39 is 11.5 Å². The molecule has 1 aromatic rings. The van der Waals surface area contributed by atoms with Gasteiger partial charge < -0.3 is 10.4 Å². The van der Waals surface area contributed by atoms with Gasteiger partial charge in [-0.25, -0.2) is 4.98 Å². The Balaban J connectivity index is 1.90. The third-order valence-electron chi connectivity index (χ3n) is 4.06. The maximum absolute atomic E-state index is 11.5. The van der Waals surface area contributed by atoms with Crippen LogP contribution in [0.2, 0.25) is 5.02 Å². The Morgan fingerprint density at radius 2 is 2.45 bits per heavy atom. The summed E-state index contributed by atoms with van der Waals surface area (Å²) in [5.41, 5.74) is -0.742. The van der Waals surface area contributed by atoms with Crippen LogP contribution in [-0.4, -0.2) is 34.4 Å². The van der Waals surface area contributed by atoms with Crippen molar-refractivity contribution >= 4 is 29.3 Å². The Hall–Kier alpha value is -0.780. The highest BCUT2D eigenvalue weighted by Gasteiger charge is 2.47. The lowest BCUT2D eigenvalue weighted by Gasteiger charge is -2.30. The molecule has 1 aliphatic rings. The highest BCUT2D eigenvalue weighted by atomic mass is 35.5. The molecule has 1 aliphatic carbocycles. The number of rotatable bonds is 6. The molecule has 0 bridgehead atoms. The molecule has 2 N–H and O–H groups in total. The second-order valence-electron chi connectivity index (χ2n) is 5.07. The quantitative estimate of drug-likeness (QED) is 0.790. The van der Waals surface area contributed by atoms with Crippen molar-refractivity contribution in [1.82, 2.24) is 10.3 Å². The molecule has 0 radical (unpaired) electrons. The van der Waals surface area contributed by atoms with Crippen LogP contribution in [-0.2, 0) is 4.79 Å². The summed E-state index contributed by atoms with van der Waals surface area (Å²) >= 11 is 7.44. The van der Waals surface area contributed by atoms with Crippen molar-refractivity contribution in [2.45, 2.75) is 36.2 Å². The number of hydrogen-bond acceptors (Lipinski definition) is 4. The van der Waals surface area contributed by atoms with Crippen LogP contribution in [0.5, 0.6) is 0 Å². The van der Waals surface area contributed by atoms with Gasteiger partial charge in [0.1, 0.15) is 5.54 Å². The van der Waals surface area contributed by atoms with E-state index >= 15 is 0 Å². The fourth-order valence-electron chi connectivity index (χ4n) is 2.94. The Morgan fingerprint density at radius 3 is 3.05 bits per heavy atom. The van der Waals surface area contributed by atoms with Gasteiger partial charge in [0.05, 0.1) is 10.0 Å². The van der Waals surface area contributed by atoms with Crippen LogP contribution in [0, 0.1) is 5.92 Å². The molecule has 20 heavy (non-hydrogen) atoms. The first-order valence-electron chi connectivity index (χ1n) is 6.75. The summed E-state index contributed by atoms with van der Waals surface area (Å²) in [6.07, 6.45) is 5.17. The van der Waals surface area contributed by atoms with Gasteiger partial charge in [0.15, 0.2) is 0 Å². The molecule has 0 spiro atoms. The number of nitrogens with one attached hydrogen (secondary N) is 1. The number of carbonyl (C=O) groups is 1. The smallest absolute Gasteiger partial charge is 0.324 e. The van der Waals surface area contributed by atoms with E-state index in [0.29, 0.717) is 11.4 Å². The molecule has 0 aromatic carbocycles. The first-order valence-corrected chi connectivity index (χ1v) is 8.11. The van der Waals surface area contributed by atoms with Crippen molar-refractivity contribution in [3.63, 3.8) is 0 Å². The second kappa shape index (κ2) is 6.78. The Labute approximate surface area is 128 Å². The lowest BCUT2D eigenvalue weighted by Crippen LogP contribution is -2.53. The molecule has 2 unspecified atom stereocenters. The predicted octanol–water partition coefficient (Wildman–Crippen LogP) is 3.06. The fraction of sp³-hybridized carbons (Fsp3) is 0.571. The van der Waals surface area contributed by atoms with E-state index in [2.05, 4.69) is 10.3 Å². The van der Waals surface area contributed by atoms with Crippen molar-refractivity contribution in [2.75, 3.05) is 12.8 Å². The van der Waals surface area contributed by atoms with Crippen molar-refractivity contribution < 1.29 is 9.90 Å². The normalized spacial score (nSPS) is 25.8. The largest absolute Gasteiger partial charge is 0.480 e. The number of nitrogens with zero attached hydrogens (tertiary/aromatic N) is 1. The number of aromatic nitrogens is 1. The second-order valence-corrected chi connectivity index (χ2v) is 6.62. The van der Waals surface area contributed by atoms with E-state index in [0.717, 1.165) is 30.0 Å². The summed E-state index contributed by atoms with van der Waals surface area (Å²) in [5, 5.41) is 14.1. The minimum atomic E-state index is -0.742. The third-order valence-corrected chi connectivity index (χ3v) is 5.27. The van der Waals surface area contributed by atoms with Crippen LogP contribution in [0.15, 0.2) is 23.4 Å². The van der Waals surface area contributed by atoms with Crippen LogP contribution in [0.3, 0.4) is 0 Å². The third kappa shape index (κ3) is 3.27. The van der Waals surface area contributed by atoms with Crippen molar-refractivity contribution in [3.05, 3.63) is 23.4 Å². The molecule has 0 aliphatic heterocycles. The first-order chi connectivity index (χ1) is 9.58. The van der Waals surface area contributed by atoms with Gasteiger partial charge in [-0.2, -0.15) is 0 Å². The lowest BCUT2D eigenvalue weighted by atomic mass is 9.85. The van der Waals surface area contributed by atoms with E-state index in [1.54, 1.807) is 25.0 Å².